The summed E-state index contributed by atoms with van der Waals surface area (Å²) >= 11 is 0. The molecule has 0 amide bonds. The van der Waals surface area contributed by atoms with E-state index >= 15 is 0 Å². The van der Waals surface area contributed by atoms with E-state index in [2.05, 4.69) is 114 Å². The molecule has 0 radical (unpaired) electrons. The molecule has 0 nitrogen and oxygen atoms in total. The number of fused-ring (bicyclic) bond motifs is 1. The van der Waals surface area contributed by atoms with Gasteiger partial charge in [0.1, 0.15) is 0 Å². The third kappa shape index (κ3) is 5.26. The fourth-order valence-electron chi connectivity index (χ4n) is 3.90. The summed E-state index contributed by atoms with van der Waals surface area (Å²) in [4.78, 5) is 0. The van der Waals surface area contributed by atoms with Crippen LogP contribution in [0.25, 0.3) is 39.6 Å². The molecule has 0 heteroatoms. The van der Waals surface area contributed by atoms with Crippen LogP contribution in [0.15, 0.2) is 91.6 Å². The van der Waals surface area contributed by atoms with Crippen LogP contribution in [0, 0.1) is 6.92 Å². The molecule has 0 heterocycles. The molecule has 3 aromatic rings. The Morgan fingerprint density at radius 2 is 1.38 bits per heavy atom. The van der Waals surface area contributed by atoms with Gasteiger partial charge in [-0.1, -0.05) is 123 Å². The smallest absolute Gasteiger partial charge is 0.00266 e. The lowest BCUT2D eigenvalue weighted by molar-refractivity contribution is 1.39. The van der Waals surface area contributed by atoms with E-state index in [0.29, 0.717) is 0 Å². The molecule has 164 valence electrons. The molecule has 0 spiro atoms. The van der Waals surface area contributed by atoms with E-state index in [1.807, 2.05) is 26.0 Å². The molecule has 0 bridgehead atoms. The molecular formula is C32H36. The molecular weight excluding hydrogens is 384 g/mol. The summed E-state index contributed by atoms with van der Waals surface area (Å²) < 4.78 is 0. The van der Waals surface area contributed by atoms with Crippen LogP contribution >= 0.6 is 0 Å². The molecule has 0 aromatic heterocycles. The molecule has 32 heavy (non-hydrogen) atoms. The summed E-state index contributed by atoms with van der Waals surface area (Å²) in [6.45, 7) is 20.8. The summed E-state index contributed by atoms with van der Waals surface area (Å²) in [7, 11) is 0. The molecule has 0 aliphatic carbocycles. The van der Waals surface area contributed by atoms with Crippen molar-refractivity contribution >= 4 is 28.5 Å². The molecule has 0 unspecified atom stereocenters. The van der Waals surface area contributed by atoms with Crippen LogP contribution in [-0.4, -0.2) is 0 Å². The first-order valence-electron chi connectivity index (χ1n) is 11.4. The third-order valence-electron chi connectivity index (χ3n) is 5.27. The SMILES string of the molecule is C=Cc1c(C=C)c(-c2ccc(C)cc2)c2ccccc2c1C(/C=C\C)=C/C=C(C)C.CC. The number of hydrogen-bond donors (Lipinski definition) is 0. The maximum absolute atomic E-state index is 4.18. The molecule has 0 N–H and O–H groups in total. The van der Waals surface area contributed by atoms with E-state index in [0.717, 1.165) is 11.1 Å². The molecule has 0 fully saturated rings. The van der Waals surface area contributed by atoms with Crippen molar-refractivity contribution in [3.63, 3.8) is 0 Å². The van der Waals surface area contributed by atoms with Crippen molar-refractivity contribution in [1.29, 1.82) is 0 Å². The predicted octanol–water partition coefficient (Wildman–Crippen LogP) is 10.1. The first-order valence-corrected chi connectivity index (χ1v) is 11.4. The van der Waals surface area contributed by atoms with Gasteiger partial charge in [0.25, 0.3) is 0 Å². The predicted molar refractivity (Wildman–Crippen MR) is 148 cm³/mol. The molecule has 0 saturated carbocycles. The average Bonchev–Trinajstić information content (AvgIpc) is 2.82. The minimum atomic E-state index is 1.12. The van der Waals surface area contributed by atoms with Gasteiger partial charge in [-0.05, 0) is 71.9 Å². The Labute approximate surface area is 195 Å². The minimum absolute atomic E-state index is 1.12. The van der Waals surface area contributed by atoms with Gasteiger partial charge < -0.3 is 0 Å². The number of hydrogen-bond acceptors (Lipinski definition) is 0. The normalized spacial score (nSPS) is 11.1. The average molecular weight is 421 g/mol. The van der Waals surface area contributed by atoms with Crippen molar-refractivity contribution in [3.8, 4) is 11.1 Å². The van der Waals surface area contributed by atoms with Gasteiger partial charge in [0.2, 0.25) is 0 Å². The zero-order chi connectivity index (χ0) is 23.7. The lowest BCUT2D eigenvalue weighted by atomic mass is 9.83. The molecule has 0 atom stereocenters. The molecule has 3 aromatic carbocycles. The second kappa shape index (κ2) is 11.9. The Morgan fingerprint density at radius 1 is 0.781 bits per heavy atom. The Bertz CT molecular complexity index is 1170. The Hall–Kier alpha value is -3.38. The van der Waals surface area contributed by atoms with Gasteiger partial charge in [-0.25, -0.2) is 0 Å². The largest absolute Gasteiger partial charge is 0.0984 e. The highest BCUT2D eigenvalue weighted by Crippen LogP contribution is 2.41. The second-order valence-corrected chi connectivity index (χ2v) is 7.76. The lowest BCUT2D eigenvalue weighted by Gasteiger charge is -2.20. The first kappa shape index (κ1) is 24.9. The molecule has 3 rings (SSSR count). The quantitative estimate of drug-likeness (QED) is 0.348. The Balaban J connectivity index is 0.00000176. The van der Waals surface area contributed by atoms with E-state index in [1.165, 1.54) is 44.2 Å². The van der Waals surface area contributed by atoms with Crippen molar-refractivity contribution in [2.24, 2.45) is 0 Å². The third-order valence-corrected chi connectivity index (χ3v) is 5.27. The van der Waals surface area contributed by atoms with E-state index in [9.17, 15) is 0 Å². The zero-order valence-electron chi connectivity index (χ0n) is 20.5. The molecule has 0 aliphatic rings. The summed E-state index contributed by atoms with van der Waals surface area (Å²) in [5.41, 5.74) is 9.53. The zero-order valence-corrected chi connectivity index (χ0v) is 20.5. The number of allylic oxidation sites excluding steroid dienone is 6. The highest BCUT2D eigenvalue weighted by atomic mass is 14.2. The molecule has 0 saturated heterocycles. The minimum Gasteiger partial charge on any atom is -0.0984 e. The monoisotopic (exact) mass is 420 g/mol. The fraction of sp³-hybridized carbons (Fsp3) is 0.188. The van der Waals surface area contributed by atoms with Crippen molar-refractivity contribution < 1.29 is 0 Å². The van der Waals surface area contributed by atoms with Gasteiger partial charge in [0.05, 0.1) is 0 Å². The lowest BCUT2D eigenvalue weighted by Crippen LogP contribution is -1.98. The van der Waals surface area contributed by atoms with Crippen LogP contribution in [0.5, 0.6) is 0 Å². The van der Waals surface area contributed by atoms with Gasteiger partial charge in [0.15, 0.2) is 0 Å². The summed E-state index contributed by atoms with van der Waals surface area (Å²) in [5.74, 6) is 0. The van der Waals surface area contributed by atoms with Crippen LogP contribution in [0.4, 0.5) is 0 Å². The van der Waals surface area contributed by atoms with Crippen molar-refractivity contribution in [2.45, 2.75) is 41.5 Å². The Morgan fingerprint density at radius 3 is 1.91 bits per heavy atom. The van der Waals surface area contributed by atoms with E-state index < -0.39 is 0 Å². The number of aryl methyl sites for hydroxylation is 1. The van der Waals surface area contributed by atoms with E-state index in [1.54, 1.807) is 0 Å². The maximum Gasteiger partial charge on any atom is -0.00266 e. The van der Waals surface area contributed by atoms with Crippen molar-refractivity contribution in [1.82, 2.24) is 0 Å². The van der Waals surface area contributed by atoms with Crippen LogP contribution in [0.3, 0.4) is 0 Å². The number of rotatable bonds is 6. The van der Waals surface area contributed by atoms with Gasteiger partial charge in [-0.3, -0.25) is 0 Å². The van der Waals surface area contributed by atoms with Gasteiger partial charge in [0, 0.05) is 0 Å². The standard InChI is InChI=1S/C30H30.C2H6/c1-7-12-23(18-15-21(4)5)29-25(8-2)26(9-3)30(24-19-16-22(6)17-20-24)28-14-11-10-13-27(28)29;1-2/h7-20H,2-3H2,1,4-6H3;1-2H3/b12-7-,23-18+;. The van der Waals surface area contributed by atoms with Crippen LogP contribution < -0.4 is 0 Å². The van der Waals surface area contributed by atoms with Crippen molar-refractivity contribution in [3.05, 3.63) is 114 Å². The number of benzene rings is 3. The summed E-state index contributed by atoms with van der Waals surface area (Å²) in [6.07, 6.45) is 12.6. The van der Waals surface area contributed by atoms with Crippen LogP contribution in [-0.2, 0) is 0 Å². The maximum atomic E-state index is 4.18. The van der Waals surface area contributed by atoms with Gasteiger partial charge in [-0.2, -0.15) is 0 Å². The van der Waals surface area contributed by atoms with E-state index in [4.69, 9.17) is 0 Å². The summed E-state index contributed by atoms with van der Waals surface area (Å²) in [5, 5.41) is 2.45. The highest BCUT2D eigenvalue weighted by molar-refractivity contribution is 6.10. The Kier molecular flexibility index (Phi) is 9.22. The highest BCUT2D eigenvalue weighted by Gasteiger charge is 2.18. The van der Waals surface area contributed by atoms with Gasteiger partial charge in [-0.15, -0.1) is 0 Å². The second-order valence-electron chi connectivity index (χ2n) is 7.76. The topological polar surface area (TPSA) is 0 Å². The van der Waals surface area contributed by atoms with Gasteiger partial charge >= 0.3 is 0 Å². The van der Waals surface area contributed by atoms with Crippen LogP contribution in [0.2, 0.25) is 0 Å². The van der Waals surface area contributed by atoms with Crippen molar-refractivity contribution in [2.75, 3.05) is 0 Å². The van der Waals surface area contributed by atoms with Crippen LogP contribution in [0.1, 0.15) is 56.9 Å². The molecule has 0 aliphatic heterocycles. The van der Waals surface area contributed by atoms with E-state index in [-0.39, 0.29) is 0 Å². The fourth-order valence-corrected chi connectivity index (χ4v) is 3.90. The first-order chi connectivity index (χ1) is 15.5. The summed E-state index contributed by atoms with van der Waals surface area (Å²) in [6, 6.07) is 17.4.